The van der Waals surface area contributed by atoms with Gasteiger partial charge in [-0.25, -0.2) is 4.98 Å². The number of ether oxygens (including phenoxy) is 2. The number of likely N-dealkylation sites (tertiary alicyclic amines) is 1. The number of nitrogens with zero attached hydrogens (tertiary/aromatic N) is 3. The highest BCUT2D eigenvalue weighted by molar-refractivity contribution is 5.88. The van der Waals surface area contributed by atoms with Gasteiger partial charge in [0.05, 0.1) is 20.2 Å². The van der Waals surface area contributed by atoms with Crippen molar-refractivity contribution in [2.75, 3.05) is 26.8 Å². The van der Waals surface area contributed by atoms with Crippen LogP contribution in [0.15, 0.2) is 48.5 Å². The topological polar surface area (TPSA) is 109 Å². The van der Waals surface area contributed by atoms with Crippen LogP contribution >= 0.6 is 0 Å². The first-order valence-corrected chi connectivity index (χ1v) is 13.6. The maximum atomic E-state index is 13.8. The number of unbranched alkanes of at least 4 members (excludes halogenated alkanes) is 1. The van der Waals surface area contributed by atoms with Crippen LogP contribution in [0.1, 0.15) is 54.5 Å². The highest BCUT2D eigenvalue weighted by atomic mass is 16.5. The van der Waals surface area contributed by atoms with Gasteiger partial charge in [0.1, 0.15) is 23.2 Å². The zero-order chi connectivity index (χ0) is 27.8. The number of hydrogen-bond acceptors (Lipinski definition) is 6. The Bertz CT molecular complexity index is 1250. The maximum absolute atomic E-state index is 13.8. The summed E-state index contributed by atoms with van der Waals surface area (Å²) in [5.41, 5.74) is 2.66. The summed E-state index contributed by atoms with van der Waals surface area (Å²) in [6, 6.07) is 15.0. The predicted octanol–water partition coefficient (Wildman–Crippen LogP) is 3.64. The minimum absolute atomic E-state index is 0.115. The number of amides is 2. The number of aryl methyl sites for hydroxylation is 3. The molecule has 0 spiro atoms. The molecule has 9 nitrogen and oxygen atoms in total. The first kappa shape index (κ1) is 28.3. The molecule has 0 bridgehead atoms. The van der Waals surface area contributed by atoms with Crippen molar-refractivity contribution in [2.45, 2.75) is 64.5 Å². The third-order valence-corrected chi connectivity index (χ3v) is 7.17. The molecule has 1 atom stereocenters. The van der Waals surface area contributed by atoms with Crippen LogP contribution in [0.25, 0.3) is 0 Å². The number of nitrogens with one attached hydrogen (secondary N) is 2. The molecule has 2 N–H and O–H groups in total. The first-order chi connectivity index (χ1) is 18.8. The summed E-state index contributed by atoms with van der Waals surface area (Å²) in [5, 5.41) is 9.88. The van der Waals surface area contributed by atoms with Crippen molar-refractivity contribution in [1.29, 1.82) is 0 Å². The number of carbonyl (C=O) groups is 2. The Kier molecular flexibility index (Phi) is 9.35. The molecular weight excluding hydrogens is 494 g/mol. The SMILES string of the molecule is CCCCOC1(c2ccccc2C)CN(C(=O)C(Cc2ccc(OC)cc2)NC(=O)CCc2n[nH]c(C)n2)C1. The van der Waals surface area contributed by atoms with E-state index in [4.69, 9.17) is 9.47 Å². The monoisotopic (exact) mass is 533 g/mol. The van der Waals surface area contributed by atoms with E-state index < -0.39 is 11.6 Å². The molecule has 1 fully saturated rings. The second-order valence-electron chi connectivity index (χ2n) is 10.2. The zero-order valence-electron chi connectivity index (χ0n) is 23.3. The molecule has 1 aliphatic heterocycles. The highest BCUT2D eigenvalue weighted by Gasteiger charge is 2.49. The summed E-state index contributed by atoms with van der Waals surface area (Å²) >= 11 is 0. The lowest BCUT2D eigenvalue weighted by Gasteiger charge is -2.51. The molecule has 1 aliphatic rings. The van der Waals surface area contributed by atoms with Gasteiger partial charge >= 0.3 is 0 Å². The average molecular weight is 534 g/mol. The number of aromatic nitrogens is 3. The summed E-state index contributed by atoms with van der Waals surface area (Å²) in [5.74, 6) is 1.69. The molecule has 1 unspecified atom stereocenters. The lowest BCUT2D eigenvalue weighted by Crippen LogP contribution is -2.66. The number of hydrogen-bond donors (Lipinski definition) is 2. The van der Waals surface area contributed by atoms with Crippen LogP contribution in [0.5, 0.6) is 5.75 Å². The van der Waals surface area contributed by atoms with Crippen LogP contribution < -0.4 is 10.1 Å². The lowest BCUT2D eigenvalue weighted by molar-refractivity contribution is -0.175. The van der Waals surface area contributed by atoms with Gasteiger partial charge in [-0.3, -0.25) is 14.7 Å². The van der Waals surface area contributed by atoms with Crippen LogP contribution in [0.2, 0.25) is 0 Å². The molecule has 2 heterocycles. The van der Waals surface area contributed by atoms with Gasteiger partial charge in [-0.15, -0.1) is 0 Å². The normalized spacial score (nSPS) is 14.9. The fourth-order valence-corrected chi connectivity index (χ4v) is 4.97. The van der Waals surface area contributed by atoms with Gasteiger partial charge in [0.15, 0.2) is 5.82 Å². The van der Waals surface area contributed by atoms with Crippen LogP contribution in [-0.4, -0.2) is 64.7 Å². The zero-order valence-corrected chi connectivity index (χ0v) is 23.3. The van der Waals surface area contributed by atoms with Crippen molar-refractivity contribution in [3.8, 4) is 5.75 Å². The van der Waals surface area contributed by atoms with Crippen molar-refractivity contribution in [1.82, 2.24) is 25.4 Å². The van der Waals surface area contributed by atoms with Crippen molar-refractivity contribution in [3.63, 3.8) is 0 Å². The van der Waals surface area contributed by atoms with Crippen molar-refractivity contribution < 1.29 is 19.1 Å². The minimum atomic E-state index is -0.703. The Morgan fingerprint density at radius 3 is 2.51 bits per heavy atom. The number of benzene rings is 2. The molecule has 2 aromatic carbocycles. The average Bonchev–Trinajstić information content (AvgIpc) is 3.34. The van der Waals surface area contributed by atoms with Gasteiger partial charge in [-0.05, 0) is 49.1 Å². The third-order valence-electron chi connectivity index (χ3n) is 7.17. The molecule has 2 amide bonds. The smallest absolute Gasteiger partial charge is 0.245 e. The summed E-state index contributed by atoms with van der Waals surface area (Å²) < 4.78 is 11.7. The standard InChI is InChI=1S/C30H39N5O4/c1-5-6-17-39-30(25-10-8-7-9-21(25)2)19-35(20-30)29(37)26(18-23-11-13-24(38-4)14-12-23)32-28(36)16-15-27-31-22(3)33-34-27/h7-14,26H,5-6,15-20H2,1-4H3,(H,32,36)(H,31,33,34). The highest BCUT2D eigenvalue weighted by Crippen LogP contribution is 2.38. The minimum Gasteiger partial charge on any atom is -0.497 e. The Morgan fingerprint density at radius 2 is 1.87 bits per heavy atom. The Labute approximate surface area is 230 Å². The lowest BCUT2D eigenvalue weighted by atomic mass is 9.82. The van der Waals surface area contributed by atoms with Crippen LogP contribution in [0.4, 0.5) is 0 Å². The van der Waals surface area contributed by atoms with Crippen LogP contribution in [-0.2, 0) is 32.8 Å². The number of rotatable bonds is 13. The number of H-pyrrole nitrogens is 1. The van der Waals surface area contributed by atoms with Crippen molar-refractivity contribution in [2.24, 2.45) is 0 Å². The molecule has 3 aromatic rings. The van der Waals surface area contributed by atoms with E-state index in [9.17, 15) is 9.59 Å². The van der Waals surface area contributed by atoms with Gasteiger partial charge in [0.25, 0.3) is 0 Å². The van der Waals surface area contributed by atoms with E-state index in [1.165, 1.54) is 0 Å². The molecule has 4 rings (SSSR count). The van der Waals surface area contributed by atoms with E-state index in [0.29, 0.717) is 44.2 Å². The van der Waals surface area contributed by atoms with E-state index in [1.54, 1.807) is 12.0 Å². The second kappa shape index (κ2) is 12.9. The largest absolute Gasteiger partial charge is 0.497 e. The molecule has 9 heteroatoms. The van der Waals surface area contributed by atoms with Gasteiger partial charge in [-0.1, -0.05) is 49.7 Å². The van der Waals surface area contributed by atoms with Crippen molar-refractivity contribution >= 4 is 11.8 Å². The molecule has 39 heavy (non-hydrogen) atoms. The van der Waals surface area contributed by atoms with E-state index in [0.717, 1.165) is 35.3 Å². The number of aromatic amines is 1. The molecule has 0 radical (unpaired) electrons. The Hall–Kier alpha value is -3.72. The van der Waals surface area contributed by atoms with E-state index in [-0.39, 0.29) is 18.2 Å². The van der Waals surface area contributed by atoms with E-state index >= 15 is 0 Å². The molecule has 0 aliphatic carbocycles. The van der Waals surface area contributed by atoms with Crippen LogP contribution in [0, 0.1) is 13.8 Å². The van der Waals surface area contributed by atoms with Gasteiger partial charge < -0.3 is 19.7 Å². The fraction of sp³-hybridized carbons (Fsp3) is 0.467. The van der Waals surface area contributed by atoms with Gasteiger partial charge in [0, 0.05) is 25.9 Å². The summed E-state index contributed by atoms with van der Waals surface area (Å²) in [7, 11) is 1.62. The Balaban J connectivity index is 1.48. The van der Waals surface area contributed by atoms with E-state index in [2.05, 4.69) is 46.5 Å². The van der Waals surface area contributed by atoms with Crippen LogP contribution in [0.3, 0.4) is 0 Å². The molecule has 208 valence electrons. The maximum Gasteiger partial charge on any atom is 0.245 e. The predicted molar refractivity (Wildman–Crippen MR) is 148 cm³/mol. The third kappa shape index (κ3) is 7.03. The fourth-order valence-electron chi connectivity index (χ4n) is 4.97. The number of carbonyl (C=O) groups excluding carboxylic acids is 2. The van der Waals surface area contributed by atoms with Crippen molar-refractivity contribution in [3.05, 3.63) is 76.9 Å². The molecule has 1 aromatic heterocycles. The first-order valence-electron chi connectivity index (χ1n) is 13.6. The summed E-state index contributed by atoms with van der Waals surface area (Å²) in [4.78, 5) is 32.8. The Morgan fingerprint density at radius 1 is 1.13 bits per heavy atom. The molecule has 1 saturated heterocycles. The quantitative estimate of drug-likeness (QED) is 0.325. The number of methoxy groups -OCH3 is 1. The van der Waals surface area contributed by atoms with E-state index in [1.807, 2.05) is 43.3 Å². The van der Waals surface area contributed by atoms with Gasteiger partial charge in [0.2, 0.25) is 11.8 Å². The second-order valence-corrected chi connectivity index (χ2v) is 10.2. The molecular formula is C30H39N5O4. The summed E-state index contributed by atoms with van der Waals surface area (Å²) in [6.07, 6.45) is 2.96. The van der Waals surface area contributed by atoms with Gasteiger partial charge in [-0.2, -0.15) is 5.10 Å². The summed E-state index contributed by atoms with van der Waals surface area (Å²) in [6.45, 7) is 7.57. The molecule has 0 saturated carbocycles.